The van der Waals surface area contributed by atoms with E-state index >= 15 is 0 Å². The average Bonchev–Trinajstić information content (AvgIpc) is 2.82. The van der Waals surface area contributed by atoms with Crippen molar-refractivity contribution in [3.05, 3.63) is 35.9 Å². The number of carbonyl (C=O) groups excluding carboxylic acids is 2. The van der Waals surface area contributed by atoms with E-state index in [0.717, 1.165) is 18.4 Å². The Morgan fingerprint density at radius 1 is 1.11 bits per heavy atom. The van der Waals surface area contributed by atoms with Crippen molar-refractivity contribution in [1.82, 2.24) is 0 Å². The van der Waals surface area contributed by atoms with E-state index < -0.39 is 12.4 Å². The SMILES string of the molecule is O=C1CCC[C@H](C2OC(=O)C(c3ccccc3)O2)C1. The van der Waals surface area contributed by atoms with Crippen molar-refractivity contribution in [3.63, 3.8) is 0 Å². The quantitative estimate of drug-likeness (QED) is 0.766. The van der Waals surface area contributed by atoms with Gasteiger partial charge in [-0.05, 0) is 18.4 Å². The summed E-state index contributed by atoms with van der Waals surface area (Å²) in [4.78, 5) is 23.3. The molecule has 19 heavy (non-hydrogen) atoms. The first kappa shape index (κ1) is 12.4. The summed E-state index contributed by atoms with van der Waals surface area (Å²) in [6, 6.07) is 9.31. The molecule has 1 aromatic rings. The highest BCUT2D eigenvalue weighted by molar-refractivity contribution is 5.80. The Morgan fingerprint density at radius 2 is 1.89 bits per heavy atom. The monoisotopic (exact) mass is 260 g/mol. The topological polar surface area (TPSA) is 52.6 Å². The Morgan fingerprint density at radius 3 is 2.63 bits per heavy atom. The molecule has 1 saturated heterocycles. The number of Topliss-reactive ketones (excluding diaryl/α,β-unsaturated/α-hetero) is 1. The highest BCUT2D eigenvalue weighted by atomic mass is 16.8. The molecule has 0 bridgehead atoms. The number of ether oxygens (including phenoxy) is 2. The molecule has 4 heteroatoms. The highest BCUT2D eigenvalue weighted by Gasteiger charge is 2.41. The van der Waals surface area contributed by atoms with Crippen LogP contribution in [0, 0.1) is 5.92 Å². The molecule has 2 aliphatic rings. The third kappa shape index (κ3) is 2.54. The van der Waals surface area contributed by atoms with Crippen LogP contribution in [0.3, 0.4) is 0 Å². The van der Waals surface area contributed by atoms with E-state index in [1.165, 1.54) is 0 Å². The fraction of sp³-hybridized carbons (Fsp3) is 0.467. The van der Waals surface area contributed by atoms with Crippen LogP contribution in [-0.2, 0) is 19.1 Å². The van der Waals surface area contributed by atoms with Crippen molar-refractivity contribution in [3.8, 4) is 0 Å². The van der Waals surface area contributed by atoms with Gasteiger partial charge in [-0.3, -0.25) is 4.79 Å². The first-order valence-electron chi connectivity index (χ1n) is 6.66. The molecule has 0 radical (unpaired) electrons. The number of cyclic esters (lactones) is 1. The number of rotatable bonds is 2. The summed E-state index contributed by atoms with van der Waals surface area (Å²) in [6.45, 7) is 0. The first-order valence-corrected chi connectivity index (χ1v) is 6.66. The smallest absolute Gasteiger partial charge is 0.342 e. The van der Waals surface area contributed by atoms with Crippen LogP contribution in [0.25, 0.3) is 0 Å². The maximum absolute atomic E-state index is 11.9. The van der Waals surface area contributed by atoms with E-state index in [-0.39, 0.29) is 17.7 Å². The second kappa shape index (κ2) is 5.13. The molecule has 1 heterocycles. The van der Waals surface area contributed by atoms with E-state index in [9.17, 15) is 9.59 Å². The van der Waals surface area contributed by atoms with Gasteiger partial charge in [0, 0.05) is 18.8 Å². The maximum atomic E-state index is 11.9. The zero-order chi connectivity index (χ0) is 13.2. The van der Waals surface area contributed by atoms with Gasteiger partial charge in [0.05, 0.1) is 0 Å². The molecule has 3 rings (SSSR count). The summed E-state index contributed by atoms with van der Waals surface area (Å²) in [5, 5.41) is 0. The van der Waals surface area contributed by atoms with Gasteiger partial charge in [0.25, 0.3) is 0 Å². The van der Waals surface area contributed by atoms with Gasteiger partial charge in [-0.25, -0.2) is 4.79 Å². The summed E-state index contributed by atoms with van der Waals surface area (Å²) in [5.74, 6) is -0.104. The zero-order valence-electron chi connectivity index (χ0n) is 10.6. The lowest BCUT2D eigenvalue weighted by atomic mass is 9.88. The second-order valence-corrected chi connectivity index (χ2v) is 5.13. The van der Waals surface area contributed by atoms with E-state index in [2.05, 4.69) is 0 Å². The molecule has 1 aliphatic carbocycles. The van der Waals surface area contributed by atoms with Gasteiger partial charge in [-0.2, -0.15) is 0 Å². The lowest BCUT2D eigenvalue weighted by Gasteiger charge is -2.24. The van der Waals surface area contributed by atoms with Crippen LogP contribution in [-0.4, -0.2) is 18.0 Å². The molecule has 2 fully saturated rings. The number of benzene rings is 1. The van der Waals surface area contributed by atoms with Gasteiger partial charge in [-0.1, -0.05) is 30.3 Å². The molecular weight excluding hydrogens is 244 g/mol. The lowest BCUT2D eigenvalue weighted by Crippen LogP contribution is -2.27. The van der Waals surface area contributed by atoms with Gasteiger partial charge in [-0.15, -0.1) is 0 Å². The van der Waals surface area contributed by atoms with E-state index in [4.69, 9.17) is 9.47 Å². The molecule has 0 amide bonds. The Bertz CT molecular complexity index is 482. The lowest BCUT2D eigenvalue weighted by molar-refractivity contribution is -0.151. The minimum atomic E-state index is -0.650. The van der Waals surface area contributed by atoms with Crippen molar-refractivity contribution >= 4 is 11.8 Å². The minimum Gasteiger partial charge on any atom is -0.433 e. The molecule has 0 aromatic heterocycles. The third-order valence-electron chi connectivity index (χ3n) is 3.72. The predicted octanol–water partition coefficient (Wildman–Crippen LogP) is 2.39. The number of ketones is 1. The van der Waals surface area contributed by atoms with Gasteiger partial charge < -0.3 is 9.47 Å². The van der Waals surface area contributed by atoms with E-state index in [0.29, 0.717) is 12.8 Å². The van der Waals surface area contributed by atoms with Gasteiger partial charge >= 0.3 is 5.97 Å². The molecule has 0 spiro atoms. The summed E-state index contributed by atoms with van der Waals surface area (Å²) < 4.78 is 11.0. The fourth-order valence-electron chi connectivity index (χ4n) is 2.73. The van der Waals surface area contributed by atoms with Crippen LogP contribution >= 0.6 is 0 Å². The number of hydrogen-bond donors (Lipinski definition) is 0. The van der Waals surface area contributed by atoms with Crippen LogP contribution in [0.5, 0.6) is 0 Å². The van der Waals surface area contributed by atoms with Crippen molar-refractivity contribution in [2.75, 3.05) is 0 Å². The summed E-state index contributed by atoms with van der Waals surface area (Å²) >= 11 is 0. The van der Waals surface area contributed by atoms with E-state index in [1.807, 2.05) is 30.3 Å². The molecule has 1 saturated carbocycles. The van der Waals surface area contributed by atoms with Gasteiger partial charge in [0.1, 0.15) is 5.78 Å². The number of esters is 1. The largest absolute Gasteiger partial charge is 0.433 e. The van der Waals surface area contributed by atoms with Crippen LogP contribution in [0.4, 0.5) is 0 Å². The molecule has 2 unspecified atom stereocenters. The summed E-state index contributed by atoms with van der Waals surface area (Å²) in [6.07, 6.45) is 1.62. The van der Waals surface area contributed by atoms with Crippen LogP contribution in [0.1, 0.15) is 37.4 Å². The summed E-state index contributed by atoms with van der Waals surface area (Å²) in [7, 11) is 0. The summed E-state index contributed by atoms with van der Waals surface area (Å²) in [5.41, 5.74) is 0.803. The third-order valence-corrected chi connectivity index (χ3v) is 3.72. The molecule has 0 N–H and O–H groups in total. The van der Waals surface area contributed by atoms with Gasteiger partial charge in [0.15, 0.2) is 6.10 Å². The molecule has 3 atom stereocenters. The van der Waals surface area contributed by atoms with Crippen LogP contribution in [0.2, 0.25) is 0 Å². The first-order chi connectivity index (χ1) is 9.24. The molecule has 1 aliphatic heterocycles. The number of hydrogen-bond acceptors (Lipinski definition) is 4. The van der Waals surface area contributed by atoms with Crippen molar-refractivity contribution in [1.29, 1.82) is 0 Å². The Kier molecular flexibility index (Phi) is 3.34. The molecule has 100 valence electrons. The Labute approximate surface area is 111 Å². The van der Waals surface area contributed by atoms with Crippen LogP contribution < -0.4 is 0 Å². The van der Waals surface area contributed by atoms with Crippen LogP contribution in [0.15, 0.2) is 30.3 Å². The standard InChI is InChI=1S/C15H16O4/c16-12-8-4-7-11(9-12)15-18-13(14(17)19-15)10-5-2-1-3-6-10/h1-3,5-6,11,13,15H,4,7-9H2/t11-,13?,15?/m0/s1. The number of carbonyl (C=O) groups is 2. The normalized spacial score (nSPS) is 31.3. The zero-order valence-corrected chi connectivity index (χ0v) is 10.6. The fourth-order valence-corrected chi connectivity index (χ4v) is 2.73. The predicted molar refractivity (Wildman–Crippen MR) is 67.1 cm³/mol. The van der Waals surface area contributed by atoms with Crippen molar-refractivity contribution in [2.24, 2.45) is 5.92 Å². The van der Waals surface area contributed by atoms with Crippen molar-refractivity contribution < 1.29 is 19.1 Å². The Balaban J connectivity index is 1.71. The average molecular weight is 260 g/mol. The molecular formula is C15H16O4. The second-order valence-electron chi connectivity index (χ2n) is 5.13. The van der Waals surface area contributed by atoms with Gasteiger partial charge in [0.2, 0.25) is 6.29 Å². The molecule has 4 nitrogen and oxygen atoms in total. The Hall–Kier alpha value is -1.68. The van der Waals surface area contributed by atoms with E-state index in [1.54, 1.807) is 0 Å². The van der Waals surface area contributed by atoms with Crippen molar-refractivity contribution in [2.45, 2.75) is 38.1 Å². The highest BCUT2D eigenvalue weighted by Crippen LogP contribution is 2.35. The minimum absolute atomic E-state index is 0.0129. The molecule has 1 aromatic carbocycles. The maximum Gasteiger partial charge on any atom is 0.342 e.